The van der Waals surface area contributed by atoms with Gasteiger partial charge in [0.2, 0.25) is 0 Å². The second kappa shape index (κ2) is 8.96. The van der Waals surface area contributed by atoms with E-state index in [1.807, 2.05) is 30.3 Å². The number of rotatable bonds is 5. The Kier molecular flexibility index (Phi) is 6.40. The van der Waals surface area contributed by atoms with Crippen molar-refractivity contribution >= 4 is 51.6 Å². The Morgan fingerprint density at radius 1 is 1.25 bits per heavy atom. The smallest absolute Gasteiger partial charge is 0.294 e. The van der Waals surface area contributed by atoms with Crippen LogP contribution in [-0.2, 0) is 11.4 Å². The lowest BCUT2D eigenvalue weighted by Gasteiger charge is -2.10. The highest BCUT2D eigenvalue weighted by Gasteiger charge is 2.34. The standard InChI is InChI=1S/C21H13IN2O3S/c1-2-9-24-20(25)19(28-21(24)26)11-14-7-8-18(17(22)10-14)27-13-16-6-4-3-5-15(16)12-23/h1,3-8,10-11H,9,13H2/b19-11+. The summed E-state index contributed by atoms with van der Waals surface area (Å²) in [4.78, 5) is 25.5. The highest BCUT2D eigenvalue weighted by atomic mass is 127. The van der Waals surface area contributed by atoms with E-state index in [0.717, 1.165) is 31.4 Å². The molecule has 2 aromatic carbocycles. The van der Waals surface area contributed by atoms with Gasteiger partial charge in [0.25, 0.3) is 11.1 Å². The van der Waals surface area contributed by atoms with Crippen molar-refractivity contribution in [1.82, 2.24) is 4.90 Å². The Labute approximate surface area is 180 Å². The Morgan fingerprint density at radius 3 is 2.75 bits per heavy atom. The van der Waals surface area contributed by atoms with Gasteiger partial charge in [-0.25, -0.2) is 0 Å². The lowest BCUT2D eigenvalue weighted by atomic mass is 10.1. The van der Waals surface area contributed by atoms with Crippen LogP contribution in [0.3, 0.4) is 0 Å². The molecule has 0 aromatic heterocycles. The fourth-order valence-corrected chi connectivity index (χ4v) is 4.05. The van der Waals surface area contributed by atoms with Gasteiger partial charge in [-0.1, -0.05) is 30.2 Å². The highest BCUT2D eigenvalue weighted by Crippen LogP contribution is 2.33. The molecule has 0 aliphatic carbocycles. The van der Waals surface area contributed by atoms with Gasteiger partial charge in [-0.2, -0.15) is 5.26 Å². The number of nitriles is 1. The van der Waals surface area contributed by atoms with Crippen LogP contribution >= 0.6 is 34.4 Å². The third-order valence-corrected chi connectivity index (χ3v) is 5.65. The fourth-order valence-electron chi connectivity index (χ4n) is 2.51. The minimum atomic E-state index is -0.378. The van der Waals surface area contributed by atoms with E-state index in [4.69, 9.17) is 16.4 Å². The first-order chi connectivity index (χ1) is 13.5. The molecule has 1 aliphatic heterocycles. The van der Waals surface area contributed by atoms with Crippen molar-refractivity contribution in [3.63, 3.8) is 0 Å². The molecule has 5 nitrogen and oxygen atoms in total. The molecule has 1 heterocycles. The molecule has 0 radical (unpaired) electrons. The number of halogens is 1. The summed E-state index contributed by atoms with van der Waals surface area (Å²) in [6.45, 7) is 0.251. The molecule has 2 amide bonds. The zero-order chi connectivity index (χ0) is 20.1. The molecule has 138 valence electrons. The van der Waals surface area contributed by atoms with E-state index in [2.05, 4.69) is 34.6 Å². The van der Waals surface area contributed by atoms with Crippen molar-refractivity contribution in [2.75, 3.05) is 6.54 Å². The summed E-state index contributed by atoms with van der Waals surface area (Å²) in [7, 11) is 0. The third kappa shape index (κ3) is 4.38. The minimum absolute atomic E-state index is 0.0313. The zero-order valence-corrected chi connectivity index (χ0v) is 17.5. The molecule has 0 N–H and O–H groups in total. The number of amides is 2. The first-order valence-corrected chi connectivity index (χ1v) is 10.0. The molecule has 7 heteroatoms. The van der Waals surface area contributed by atoms with Gasteiger partial charge in [-0.3, -0.25) is 14.5 Å². The molecule has 0 unspecified atom stereocenters. The van der Waals surface area contributed by atoms with E-state index in [1.165, 1.54) is 0 Å². The number of carbonyl (C=O) groups excluding carboxylic acids is 2. The van der Waals surface area contributed by atoms with Crippen molar-refractivity contribution in [3.05, 3.63) is 67.6 Å². The van der Waals surface area contributed by atoms with E-state index >= 15 is 0 Å². The average molecular weight is 500 g/mol. The number of hydrogen-bond acceptors (Lipinski definition) is 5. The van der Waals surface area contributed by atoms with Gasteiger partial charge >= 0.3 is 0 Å². The van der Waals surface area contributed by atoms with Crippen molar-refractivity contribution < 1.29 is 14.3 Å². The van der Waals surface area contributed by atoms with Crippen LogP contribution in [0.4, 0.5) is 4.79 Å². The Bertz CT molecular complexity index is 1070. The lowest BCUT2D eigenvalue weighted by molar-refractivity contribution is -0.122. The summed E-state index contributed by atoms with van der Waals surface area (Å²) < 4.78 is 6.69. The Balaban J connectivity index is 1.74. The van der Waals surface area contributed by atoms with Gasteiger partial charge in [0.15, 0.2) is 0 Å². The summed E-state index contributed by atoms with van der Waals surface area (Å²) in [6.07, 6.45) is 6.86. The van der Waals surface area contributed by atoms with Crippen LogP contribution in [0.1, 0.15) is 16.7 Å². The van der Waals surface area contributed by atoms with Crippen LogP contribution in [-0.4, -0.2) is 22.6 Å². The molecule has 28 heavy (non-hydrogen) atoms. The second-order valence-corrected chi connectivity index (χ2v) is 7.87. The Morgan fingerprint density at radius 2 is 2.04 bits per heavy atom. The predicted molar refractivity (Wildman–Crippen MR) is 116 cm³/mol. The molecular weight excluding hydrogens is 487 g/mol. The fraction of sp³-hybridized carbons (Fsp3) is 0.0952. The number of ether oxygens (including phenoxy) is 1. The number of hydrogen-bond donors (Lipinski definition) is 0. The molecule has 3 rings (SSSR count). The number of thioether (sulfide) groups is 1. The largest absolute Gasteiger partial charge is 0.488 e. The maximum absolute atomic E-state index is 12.2. The van der Waals surface area contributed by atoms with Gasteiger partial charge in [-0.05, 0) is 64.2 Å². The van der Waals surface area contributed by atoms with Crippen LogP contribution in [0, 0.1) is 27.2 Å². The van der Waals surface area contributed by atoms with E-state index < -0.39 is 0 Å². The van der Waals surface area contributed by atoms with E-state index in [9.17, 15) is 9.59 Å². The van der Waals surface area contributed by atoms with Crippen molar-refractivity contribution in [3.8, 4) is 24.2 Å². The molecule has 0 bridgehead atoms. The van der Waals surface area contributed by atoms with E-state index in [0.29, 0.717) is 16.2 Å². The quantitative estimate of drug-likeness (QED) is 0.346. The number of carbonyl (C=O) groups is 2. The van der Waals surface area contributed by atoms with Gasteiger partial charge in [0.1, 0.15) is 12.4 Å². The van der Waals surface area contributed by atoms with Crippen LogP contribution in [0.15, 0.2) is 47.4 Å². The first-order valence-electron chi connectivity index (χ1n) is 8.12. The molecule has 1 fully saturated rings. The molecule has 0 spiro atoms. The molecule has 0 atom stereocenters. The first kappa shape index (κ1) is 20.0. The topological polar surface area (TPSA) is 70.4 Å². The molecule has 1 saturated heterocycles. The van der Waals surface area contributed by atoms with Crippen LogP contribution in [0.2, 0.25) is 0 Å². The summed E-state index contributed by atoms with van der Waals surface area (Å²) in [5.41, 5.74) is 2.17. The minimum Gasteiger partial charge on any atom is -0.488 e. The van der Waals surface area contributed by atoms with Gasteiger partial charge < -0.3 is 4.74 Å². The van der Waals surface area contributed by atoms with Crippen LogP contribution in [0.5, 0.6) is 5.75 Å². The molecule has 0 saturated carbocycles. The van der Waals surface area contributed by atoms with E-state index in [1.54, 1.807) is 18.2 Å². The Hall–Kier alpha value is -2.75. The predicted octanol–water partition coefficient (Wildman–Crippen LogP) is 4.41. The maximum Gasteiger partial charge on any atom is 0.294 e. The SMILES string of the molecule is C#CCN1C(=O)S/C(=C/c2ccc(OCc3ccccc3C#N)c(I)c2)C1=O. The summed E-state index contributed by atoms with van der Waals surface area (Å²) in [5.74, 6) is 2.61. The normalized spacial score (nSPS) is 14.8. The van der Waals surface area contributed by atoms with Crippen molar-refractivity contribution in [2.24, 2.45) is 0 Å². The van der Waals surface area contributed by atoms with Crippen molar-refractivity contribution in [1.29, 1.82) is 5.26 Å². The molecule has 1 aliphatic rings. The monoisotopic (exact) mass is 500 g/mol. The highest BCUT2D eigenvalue weighted by molar-refractivity contribution is 14.1. The van der Waals surface area contributed by atoms with E-state index in [-0.39, 0.29) is 24.3 Å². The van der Waals surface area contributed by atoms with Crippen molar-refractivity contribution in [2.45, 2.75) is 6.61 Å². The van der Waals surface area contributed by atoms with Crippen LogP contribution in [0.25, 0.3) is 6.08 Å². The zero-order valence-electron chi connectivity index (χ0n) is 14.5. The van der Waals surface area contributed by atoms with Crippen LogP contribution < -0.4 is 4.74 Å². The van der Waals surface area contributed by atoms with Gasteiger partial charge in [0, 0.05) is 5.56 Å². The van der Waals surface area contributed by atoms with Gasteiger partial charge in [-0.15, -0.1) is 6.42 Å². The number of benzene rings is 2. The number of nitrogens with zero attached hydrogens (tertiary/aromatic N) is 2. The summed E-state index contributed by atoms with van der Waals surface area (Å²) in [6, 6.07) is 14.9. The summed E-state index contributed by atoms with van der Waals surface area (Å²) in [5, 5.41) is 8.79. The number of imide groups is 1. The number of terminal acetylenes is 1. The lowest BCUT2D eigenvalue weighted by Crippen LogP contribution is -2.28. The average Bonchev–Trinajstić information content (AvgIpc) is 2.95. The van der Waals surface area contributed by atoms with Gasteiger partial charge in [0.05, 0.1) is 26.7 Å². The summed E-state index contributed by atoms with van der Waals surface area (Å²) >= 11 is 3.02. The maximum atomic E-state index is 12.2. The second-order valence-electron chi connectivity index (χ2n) is 5.72. The molecular formula is C21H13IN2O3S. The molecule has 2 aromatic rings. The third-order valence-electron chi connectivity index (χ3n) is 3.90.